The van der Waals surface area contributed by atoms with Gasteiger partial charge in [-0.15, -0.1) is 0 Å². The molecule has 1 saturated heterocycles. The van der Waals surface area contributed by atoms with Crippen molar-refractivity contribution in [2.45, 2.75) is 18.9 Å². The average Bonchev–Trinajstić information content (AvgIpc) is 2.77. The first-order chi connectivity index (χ1) is 7.92. The lowest BCUT2D eigenvalue weighted by Gasteiger charge is -2.24. The van der Waals surface area contributed by atoms with Gasteiger partial charge >= 0.3 is 0 Å². The summed E-state index contributed by atoms with van der Waals surface area (Å²) < 4.78 is 5.34. The Morgan fingerprint density at radius 1 is 1.31 bits per heavy atom. The predicted octanol–water partition coefficient (Wildman–Crippen LogP) is 2.15. The fourth-order valence-electron chi connectivity index (χ4n) is 2.10. The van der Waals surface area contributed by atoms with E-state index >= 15 is 0 Å². The van der Waals surface area contributed by atoms with E-state index in [4.69, 9.17) is 4.74 Å². The van der Waals surface area contributed by atoms with Crippen LogP contribution in [0.1, 0.15) is 12.8 Å². The molecule has 0 radical (unpaired) electrons. The van der Waals surface area contributed by atoms with Crippen molar-refractivity contribution in [2.24, 2.45) is 0 Å². The largest absolute Gasteiger partial charge is 0.382 e. The minimum Gasteiger partial charge on any atom is -0.382 e. The van der Waals surface area contributed by atoms with Crippen LogP contribution < -0.4 is 5.32 Å². The number of aromatic amines is 1. The van der Waals surface area contributed by atoms with Crippen LogP contribution in [-0.2, 0) is 4.74 Å². The average molecular weight is 217 g/mol. The molecule has 2 N–H and O–H groups in total. The summed E-state index contributed by atoms with van der Waals surface area (Å²) in [6.45, 7) is 1.73. The van der Waals surface area contributed by atoms with E-state index < -0.39 is 0 Å². The minimum absolute atomic E-state index is 0.536. The van der Waals surface area contributed by atoms with E-state index in [2.05, 4.69) is 33.7 Å². The number of fused-ring (bicyclic) bond motifs is 1. The van der Waals surface area contributed by atoms with E-state index in [9.17, 15) is 0 Å². The van der Waals surface area contributed by atoms with Gasteiger partial charge in [-0.2, -0.15) is 5.10 Å². The van der Waals surface area contributed by atoms with E-state index in [1.165, 1.54) is 0 Å². The molecule has 0 spiro atoms. The maximum atomic E-state index is 5.34. The summed E-state index contributed by atoms with van der Waals surface area (Å²) in [6, 6.07) is 6.83. The van der Waals surface area contributed by atoms with Gasteiger partial charge < -0.3 is 10.1 Å². The van der Waals surface area contributed by atoms with Crippen LogP contribution in [0.15, 0.2) is 24.4 Å². The van der Waals surface area contributed by atoms with Gasteiger partial charge in [0.2, 0.25) is 0 Å². The van der Waals surface area contributed by atoms with Gasteiger partial charge in [-0.25, -0.2) is 0 Å². The Labute approximate surface area is 94.0 Å². The predicted molar refractivity (Wildman–Crippen MR) is 63.6 cm³/mol. The van der Waals surface area contributed by atoms with Crippen LogP contribution in [0.25, 0.3) is 10.9 Å². The summed E-state index contributed by atoms with van der Waals surface area (Å²) in [7, 11) is 0. The Morgan fingerprint density at radius 3 is 3.06 bits per heavy atom. The van der Waals surface area contributed by atoms with E-state index in [1.54, 1.807) is 0 Å². The van der Waals surface area contributed by atoms with Gasteiger partial charge in [0.15, 0.2) is 0 Å². The SMILES string of the molecule is c1cc2cn[nH]c2cc1NC1CCOCC1. The molecular formula is C12H15N3O. The Kier molecular flexibility index (Phi) is 2.50. The summed E-state index contributed by atoms with van der Waals surface area (Å²) in [6.07, 6.45) is 4.01. The number of aromatic nitrogens is 2. The van der Waals surface area contributed by atoms with Crippen LogP contribution in [-0.4, -0.2) is 29.5 Å². The molecule has 84 valence electrons. The number of hydrogen-bond donors (Lipinski definition) is 2. The maximum absolute atomic E-state index is 5.34. The molecular weight excluding hydrogens is 202 g/mol. The summed E-state index contributed by atoms with van der Waals surface area (Å²) in [4.78, 5) is 0. The molecule has 0 aliphatic carbocycles. The van der Waals surface area contributed by atoms with E-state index in [-0.39, 0.29) is 0 Å². The maximum Gasteiger partial charge on any atom is 0.0670 e. The molecule has 1 fully saturated rings. The molecule has 0 atom stereocenters. The Bertz CT molecular complexity index is 474. The minimum atomic E-state index is 0.536. The smallest absolute Gasteiger partial charge is 0.0670 e. The van der Waals surface area contributed by atoms with Crippen LogP contribution in [0.4, 0.5) is 5.69 Å². The van der Waals surface area contributed by atoms with Crippen molar-refractivity contribution in [3.63, 3.8) is 0 Å². The highest BCUT2D eigenvalue weighted by Crippen LogP contribution is 2.19. The zero-order valence-electron chi connectivity index (χ0n) is 9.07. The number of hydrogen-bond acceptors (Lipinski definition) is 3. The van der Waals surface area contributed by atoms with Crippen molar-refractivity contribution in [1.29, 1.82) is 0 Å². The highest BCUT2D eigenvalue weighted by molar-refractivity contribution is 5.81. The van der Waals surface area contributed by atoms with E-state index in [0.29, 0.717) is 6.04 Å². The van der Waals surface area contributed by atoms with E-state index in [1.807, 2.05) is 6.20 Å². The molecule has 16 heavy (non-hydrogen) atoms. The molecule has 1 aliphatic heterocycles. The van der Waals surface area contributed by atoms with Crippen LogP contribution in [0.2, 0.25) is 0 Å². The number of ether oxygens (including phenoxy) is 1. The van der Waals surface area contributed by atoms with Gasteiger partial charge in [-0.3, -0.25) is 5.10 Å². The first-order valence-corrected chi connectivity index (χ1v) is 5.69. The fourth-order valence-corrected chi connectivity index (χ4v) is 2.10. The molecule has 0 saturated carbocycles. The molecule has 1 aromatic heterocycles. The quantitative estimate of drug-likeness (QED) is 0.810. The van der Waals surface area contributed by atoms with Gasteiger partial charge in [-0.1, -0.05) is 0 Å². The van der Waals surface area contributed by atoms with Crippen LogP contribution in [0, 0.1) is 0 Å². The normalized spacial score (nSPS) is 17.8. The topological polar surface area (TPSA) is 49.9 Å². The van der Waals surface area contributed by atoms with Crippen molar-refractivity contribution in [3.05, 3.63) is 24.4 Å². The molecule has 3 rings (SSSR count). The van der Waals surface area contributed by atoms with Gasteiger partial charge in [-0.05, 0) is 31.0 Å². The first-order valence-electron chi connectivity index (χ1n) is 5.69. The second-order valence-electron chi connectivity index (χ2n) is 4.20. The zero-order chi connectivity index (χ0) is 10.8. The molecule has 2 aromatic rings. The molecule has 0 amide bonds. The molecule has 1 aromatic carbocycles. The lowest BCUT2D eigenvalue weighted by atomic mass is 10.1. The molecule has 1 aliphatic rings. The number of benzene rings is 1. The fraction of sp³-hybridized carbons (Fsp3) is 0.417. The van der Waals surface area contributed by atoms with Gasteiger partial charge in [0.25, 0.3) is 0 Å². The van der Waals surface area contributed by atoms with Crippen LogP contribution >= 0.6 is 0 Å². The van der Waals surface area contributed by atoms with Crippen LogP contribution in [0.3, 0.4) is 0 Å². The third-order valence-electron chi connectivity index (χ3n) is 3.03. The van der Waals surface area contributed by atoms with Gasteiger partial charge in [0.05, 0.1) is 11.7 Å². The van der Waals surface area contributed by atoms with Crippen molar-refractivity contribution >= 4 is 16.6 Å². The van der Waals surface area contributed by atoms with Crippen molar-refractivity contribution in [3.8, 4) is 0 Å². The number of nitrogens with zero attached hydrogens (tertiary/aromatic N) is 1. The van der Waals surface area contributed by atoms with Crippen molar-refractivity contribution in [1.82, 2.24) is 10.2 Å². The molecule has 0 bridgehead atoms. The number of anilines is 1. The molecule has 4 nitrogen and oxygen atoms in total. The number of nitrogens with one attached hydrogen (secondary N) is 2. The highest BCUT2D eigenvalue weighted by Gasteiger charge is 2.13. The summed E-state index contributed by atoms with van der Waals surface area (Å²) in [5.74, 6) is 0. The lowest BCUT2D eigenvalue weighted by Crippen LogP contribution is -2.27. The second-order valence-corrected chi connectivity index (χ2v) is 4.20. The van der Waals surface area contributed by atoms with Crippen molar-refractivity contribution < 1.29 is 4.74 Å². The highest BCUT2D eigenvalue weighted by atomic mass is 16.5. The van der Waals surface area contributed by atoms with Crippen LogP contribution in [0.5, 0.6) is 0 Å². The molecule has 2 heterocycles. The number of H-pyrrole nitrogens is 1. The summed E-state index contributed by atoms with van der Waals surface area (Å²) in [5, 5.41) is 11.7. The molecule has 4 heteroatoms. The Morgan fingerprint density at radius 2 is 2.19 bits per heavy atom. The van der Waals surface area contributed by atoms with E-state index in [0.717, 1.165) is 42.6 Å². The monoisotopic (exact) mass is 217 g/mol. The summed E-state index contributed by atoms with van der Waals surface area (Å²) >= 11 is 0. The zero-order valence-corrected chi connectivity index (χ0v) is 9.07. The number of rotatable bonds is 2. The first kappa shape index (κ1) is 9.66. The molecule has 0 unspecified atom stereocenters. The van der Waals surface area contributed by atoms with Gasteiger partial charge in [0, 0.05) is 30.3 Å². The Hall–Kier alpha value is -1.55. The Balaban J connectivity index is 1.77. The standard InChI is InChI=1S/C12H15N3O/c1-2-11(7-12-9(1)8-13-15-12)14-10-3-5-16-6-4-10/h1-2,7-8,10,14H,3-6H2,(H,13,15). The third kappa shape index (κ3) is 1.88. The summed E-state index contributed by atoms with van der Waals surface area (Å²) in [5.41, 5.74) is 2.24. The van der Waals surface area contributed by atoms with Gasteiger partial charge in [0.1, 0.15) is 0 Å². The third-order valence-corrected chi connectivity index (χ3v) is 3.03. The lowest BCUT2D eigenvalue weighted by molar-refractivity contribution is 0.0904. The van der Waals surface area contributed by atoms with Crippen molar-refractivity contribution in [2.75, 3.05) is 18.5 Å². The second kappa shape index (κ2) is 4.14.